The summed E-state index contributed by atoms with van der Waals surface area (Å²) >= 11 is 0. The van der Waals surface area contributed by atoms with E-state index < -0.39 is 0 Å². The number of fused-ring (bicyclic) bond motifs is 1. The molecule has 1 aliphatic heterocycles. The van der Waals surface area contributed by atoms with Crippen molar-refractivity contribution in [2.75, 3.05) is 5.32 Å². The van der Waals surface area contributed by atoms with Gasteiger partial charge in [0.1, 0.15) is 0 Å². The molecule has 0 spiro atoms. The first-order chi connectivity index (χ1) is 10.5. The van der Waals surface area contributed by atoms with Crippen LogP contribution in [0.15, 0.2) is 54.3 Å². The maximum absolute atomic E-state index is 4.14. The molecule has 0 amide bonds. The molecule has 2 rings (SSSR count). The summed E-state index contributed by atoms with van der Waals surface area (Å²) in [5.41, 5.74) is 6.42. The van der Waals surface area contributed by atoms with Crippen molar-refractivity contribution in [2.24, 2.45) is 5.41 Å². The van der Waals surface area contributed by atoms with Crippen LogP contribution in [0.1, 0.15) is 65.5 Å². The zero-order valence-electron chi connectivity index (χ0n) is 15.7. The van der Waals surface area contributed by atoms with Crippen molar-refractivity contribution in [1.29, 1.82) is 0 Å². The Kier molecular flexibility index (Phi) is 4.61. The van der Waals surface area contributed by atoms with E-state index in [1.54, 1.807) is 0 Å². The molecule has 0 radical (unpaired) electrons. The Morgan fingerprint density at radius 3 is 2.17 bits per heavy atom. The summed E-state index contributed by atoms with van der Waals surface area (Å²) in [4.78, 5) is 0. The summed E-state index contributed by atoms with van der Waals surface area (Å²) in [6, 6.07) is 6.77. The molecular weight excluding hydrogens is 278 g/mol. The molecule has 0 fully saturated rings. The molecule has 0 saturated heterocycles. The molecule has 1 nitrogen and oxygen atoms in total. The number of anilines is 1. The van der Waals surface area contributed by atoms with Crippen LogP contribution in [0.4, 0.5) is 5.69 Å². The fourth-order valence-electron chi connectivity index (χ4n) is 2.84. The van der Waals surface area contributed by atoms with Gasteiger partial charge in [0.15, 0.2) is 0 Å². The highest BCUT2D eigenvalue weighted by Crippen LogP contribution is 2.36. The van der Waals surface area contributed by atoms with Gasteiger partial charge in [-0.25, -0.2) is 0 Å². The van der Waals surface area contributed by atoms with E-state index in [0.717, 1.165) is 11.4 Å². The van der Waals surface area contributed by atoms with Crippen LogP contribution in [-0.2, 0) is 5.41 Å². The summed E-state index contributed by atoms with van der Waals surface area (Å²) in [5, 5.41) is 3.47. The molecule has 124 valence electrons. The third-order valence-electron chi connectivity index (χ3n) is 4.46. The van der Waals surface area contributed by atoms with Gasteiger partial charge in [0.2, 0.25) is 0 Å². The number of rotatable bonds is 0. The highest BCUT2D eigenvalue weighted by atomic mass is 14.9. The van der Waals surface area contributed by atoms with E-state index in [9.17, 15) is 0 Å². The average Bonchev–Trinajstić information content (AvgIpc) is 2.46. The second-order valence-electron chi connectivity index (χ2n) is 8.70. The van der Waals surface area contributed by atoms with E-state index >= 15 is 0 Å². The minimum Gasteiger partial charge on any atom is -0.356 e. The molecule has 0 saturated carbocycles. The van der Waals surface area contributed by atoms with Crippen LogP contribution in [0.5, 0.6) is 0 Å². The monoisotopic (exact) mass is 309 g/mol. The maximum atomic E-state index is 4.14. The molecule has 1 N–H and O–H groups in total. The Balaban J connectivity index is 2.60. The molecule has 1 aliphatic rings. The van der Waals surface area contributed by atoms with Crippen molar-refractivity contribution >= 4 is 5.69 Å². The third-order valence-corrected chi connectivity index (χ3v) is 4.46. The van der Waals surface area contributed by atoms with Crippen molar-refractivity contribution in [1.82, 2.24) is 0 Å². The number of nitrogens with one attached hydrogen (secondary N) is 1. The molecule has 1 atom stereocenters. The maximum Gasteiger partial charge on any atom is 0.0422 e. The van der Waals surface area contributed by atoms with Gasteiger partial charge in [0.05, 0.1) is 0 Å². The van der Waals surface area contributed by atoms with E-state index in [0.29, 0.717) is 5.92 Å². The topological polar surface area (TPSA) is 12.0 Å². The molecule has 1 aromatic carbocycles. The van der Waals surface area contributed by atoms with Gasteiger partial charge >= 0.3 is 0 Å². The lowest BCUT2D eigenvalue weighted by atomic mass is 9.81. The normalized spacial score (nSPS) is 22.8. The highest BCUT2D eigenvalue weighted by Gasteiger charge is 2.21. The van der Waals surface area contributed by atoms with E-state index in [-0.39, 0.29) is 10.8 Å². The lowest BCUT2D eigenvalue weighted by molar-refractivity contribution is 0.513. The van der Waals surface area contributed by atoms with Crippen molar-refractivity contribution in [3.8, 4) is 0 Å². The van der Waals surface area contributed by atoms with Gasteiger partial charge in [-0.1, -0.05) is 79.3 Å². The number of hydrogen-bond donors (Lipinski definition) is 1. The van der Waals surface area contributed by atoms with E-state index in [1.165, 1.54) is 16.7 Å². The molecule has 1 aromatic rings. The fourth-order valence-corrected chi connectivity index (χ4v) is 2.84. The number of benzene rings is 1. The highest BCUT2D eigenvalue weighted by molar-refractivity contribution is 5.61. The molecule has 1 heterocycles. The van der Waals surface area contributed by atoms with Crippen LogP contribution in [0.25, 0.3) is 0 Å². The minimum absolute atomic E-state index is 0.122. The van der Waals surface area contributed by atoms with Gasteiger partial charge in [-0.15, -0.1) is 0 Å². The predicted octanol–water partition coefficient (Wildman–Crippen LogP) is 6.56. The lowest BCUT2D eigenvalue weighted by Crippen LogP contribution is -2.13. The Hall–Kier alpha value is -1.76. The summed E-state index contributed by atoms with van der Waals surface area (Å²) in [7, 11) is 0. The molecule has 0 aliphatic carbocycles. The summed E-state index contributed by atoms with van der Waals surface area (Å²) in [5.74, 6) is 0.351. The molecule has 1 unspecified atom stereocenters. The quantitative estimate of drug-likeness (QED) is 0.572. The fraction of sp³-hybridized carbons (Fsp3) is 0.455. The number of allylic oxidation sites excluding steroid dienone is 4. The second kappa shape index (κ2) is 6.03. The van der Waals surface area contributed by atoms with Crippen LogP contribution in [0.2, 0.25) is 0 Å². The molecular formula is C22H31N. The van der Waals surface area contributed by atoms with E-state index in [4.69, 9.17) is 0 Å². The third kappa shape index (κ3) is 4.16. The van der Waals surface area contributed by atoms with Crippen molar-refractivity contribution in [2.45, 2.75) is 59.8 Å². The zero-order chi connectivity index (χ0) is 17.4. The van der Waals surface area contributed by atoms with E-state index in [2.05, 4.69) is 96.8 Å². The Labute approximate surface area is 142 Å². The van der Waals surface area contributed by atoms with Crippen LogP contribution < -0.4 is 5.32 Å². The Morgan fingerprint density at radius 1 is 0.957 bits per heavy atom. The average molecular weight is 309 g/mol. The van der Waals surface area contributed by atoms with Gasteiger partial charge in [0, 0.05) is 17.3 Å². The smallest absolute Gasteiger partial charge is 0.0422 e. The van der Waals surface area contributed by atoms with Crippen molar-refractivity contribution in [3.63, 3.8) is 0 Å². The van der Waals surface area contributed by atoms with Crippen molar-refractivity contribution < 1.29 is 0 Å². The standard InChI is InChI=1S/C22H31N/c1-15-13-17(21(3,4)5)10-9-16(2)23-20-12-11-18(14-19(15)20)22(6,7)8/h9-15,23H,2H2,1,3-8H3/b10-9-,17-13+. The predicted molar refractivity (Wildman–Crippen MR) is 103 cm³/mol. The van der Waals surface area contributed by atoms with E-state index in [1.807, 2.05) is 0 Å². The second-order valence-corrected chi connectivity index (χ2v) is 8.70. The van der Waals surface area contributed by atoms with Crippen LogP contribution in [0, 0.1) is 5.41 Å². The van der Waals surface area contributed by atoms with Gasteiger partial charge in [0.25, 0.3) is 0 Å². The number of hydrogen-bond acceptors (Lipinski definition) is 1. The largest absolute Gasteiger partial charge is 0.356 e. The molecule has 0 aromatic heterocycles. The minimum atomic E-state index is 0.122. The summed E-state index contributed by atoms with van der Waals surface area (Å²) in [6.45, 7) is 20.0. The van der Waals surface area contributed by atoms with Crippen molar-refractivity contribution in [3.05, 3.63) is 65.4 Å². The van der Waals surface area contributed by atoms with Crippen LogP contribution in [0.3, 0.4) is 0 Å². The van der Waals surface area contributed by atoms with Crippen LogP contribution in [-0.4, -0.2) is 0 Å². The summed E-state index contributed by atoms with van der Waals surface area (Å²) < 4.78 is 0. The Bertz CT molecular complexity index is 660. The van der Waals surface area contributed by atoms with Crippen LogP contribution >= 0.6 is 0 Å². The molecule has 23 heavy (non-hydrogen) atoms. The Morgan fingerprint density at radius 2 is 1.61 bits per heavy atom. The SMILES string of the molecule is C=C1/C=C\C(C(C)(C)C)=C/C(C)c2cc(C(C)(C)C)ccc2N1. The lowest BCUT2D eigenvalue weighted by Gasteiger charge is -2.24. The first-order valence-electron chi connectivity index (χ1n) is 8.49. The van der Waals surface area contributed by atoms with Gasteiger partial charge in [-0.3, -0.25) is 0 Å². The molecule has 0 bridgehead atoms. The first-order valence-corrected chi connectivity index (χ1v) is 8.49. The van der Waals surface area contributed by atoms with Gasteiger partial charge in [-0.05, 0) is 39.7 Å². The first kappa shape index (κ1) is 17.6. The van der Waals surface area contributed by atoms with Gasteiger partial charge < -0.3 is 5.32 Å². The molecule has 1 heteroatoms. The summed E-state index contributed by atoms with van der Waals surface area (Å²) in [6.07, 6.45) is 6.67. The zero-order valence-corrected chi connectivity index (χ0v) is 15.7. The van der Waals surface area contributed by atoms with Gasteiger partial charge in [-0.2, -0.15) is 0 Å².